The molecule has 1 aromatic carbocycles. The fourth-order valence-electron chi connectivity index (χ4n) is 2.01. The van der Waals surface area contributed by atoms with E-state index in [9.17, 15) is 0 Å². The molecular formula is C18H33NO. The summed E-state index contributed by atoms with van der Waals surface area (Å²) in [5, 5.41) is 0. The molecule has 0 saturated carbocycles. The van der Waals surface area contributed by atoms with E-state index in [1.807, 2.05) is 19.9 Å². The van der Waals surface area contributed by atoms with Crippen LogP contribution in [0.3, 0.4) is 0 Å². The number of nitrogens with zero attached hydrogens (tertiary/aromatic N) is 1. The van der Waals surface area contributed by atoms with Gasteiger partial charge in [0.2, 0.25) is 0 Å². The van der Waals surface area contributed by atoms with E-state index in [1.54, 1.807) is 0 Å². The molecule has 0 unspecified atom stereocenters. The van der Waals surface area contributed by atoms with Crippen LogP contribution in [0.5, 0.6) is 0 Å². The highest BCUT2D eigenvalue weighted by molar-refractivity contribution is 5.13. The SMILES string of the molecule is CC.CC(C)CN1CCOCC1.CCc1ccccc1. The number of hydrogen-bond acceptors (Lipinski definition) is 2. The molecule has 0 radical (unpaired) electrons. The van der Waals surface area contributed by atoms with Crippen LogP contribution in [0.1, 0.15) is 40.2 Å². The number of ether oxygens (including phenoxy) is 1. The van der Waals surface area contributed by atoms with Crippen molar-refractivity contribution in [1.29, 1.82) is 0 Å². The molecule has 20 heavy (non-hydrogen) atoms. The smallest absolute Gasteiger partial charge is 0.0594 e. The number of benzene rings is 1. The van der Waals surface area contributed by atoms with Gasteiger partial charge in [-0.05, 0) is 17.9 Å². The van der Waals surface area contributed by atoms with Gasteiger partial charge in [0.1, 0.15) is 0 Å². The third-order valence-electron chi connectivity index (χ3n) is 2.98. The predicted molar refractivity (Wildman–Crippen MR) is 89.3 cm³/mol. The largest absolute Gasteiger partial charge is 0.379 e. The van der Waals surface area contributed by atoms with Crippen molar-refractivity contribution in [1.82, 2.24) is 4.90 Å². The third kappa shape index (κ3) is 9.99. The van der Waals surface area contributed by atoms with Crippen LogP contribution in [0.4, 0.5) is 0 Å². The van der Waals surface area contributed by atoms with Crippen molar-refractivity contribution in [2.24, 2.45) is 5.92 Å². The van der Waals surface area contributed by atoms with Crippen LogP contribution in [0, 0.1) is 5.92 Å². The van der Waals surface area contributed by atoms with Crippen LogP contribution < -0.4 is 0 Å². The van der Waals surface area contributed by atoms with Crippen molar-refractivity contribution >= 4 is 0 Å². The zero-order valence-corrected chi connectivity index (χ0v) is 14.1. The average Bonchev–Trinajstić information content (AvgIpc) is 2.51. The summed E-state index contributed by atoms with van der Waals surface area (Å²) in [5.41, 5.74) is 1.41. The van der Waals surface area contributed by atoms with E-state index in [-0.39, 0.29) is 0 Å². The van der Waals surface area contributed by atoms with Crippen molar-refractivity contribution < 1.29 is 4.74 Å². The Labute approximate surface area is 126 Å². The second kappa shape index (κ2) is 13.1. The van der Waals surface area contributed by atoms with E-state index in [2.05, 4.69) is 49.9 Å². The maximum Gasteiger partial charge on any atom is 0.0594 e. The number of morpholine rings is 1. The molecule has 116 valence electrons. The highest BCUT2D eigenvalue weighted by Crippen LogP contribution is 2.01. The summed E-state index contributed by atoms with van der Waals surface area (Å²) >= 11 is 0. The molecule has 0 atom stereocenters. The molecule has 1 aromatic rings. The molecular weight excluding hydrogens is 246 g/mol. The number of rotatable bonds is 3. The Hall–Kier alpha value is -0.860. The zero-order chi connectivity index (χ0) is 15.2. The maximum absolute atomic E-state index is 5.24. The Kier molecular flexibility index (Phi) is 12.6. The Bertz CT molecular complexity index is 292. The van der Waals surface area contributed by atoms with Crippen molar-refractivity contribution in [2.45, 2.75) is 41.0 Å². The second-order valence-corrected chi connectivity index (χ2v) is 5.15. The van der Waals surface area contributed by atoms with Crippen molar-refractivity contribution in [3.63, 3.8) is 0 Å². The van der Waals surface area contributed by atoms with Gasteiger partial charge in [0.25, 0.3) is 0 Å². The molecule has 2 rings (SSSR count). The Balaban J connectivity index is 0.000000327. The highest BCUT2D eigenvalue weighted by atomic mass is 16.5. The first kappa shape index (κ1) is 19.1. The fourth-order valence-corrected chi connectivity index (χ4v) is 2.01. The van der Waals surface area contributed by atoms with E-state index in [0.29, 0.717) is 0 Å². The molecule has 0 bridgehead atoms. The molecule has 2 nitrogen and oxygen atoms in total. The first-order valence-corrected chi connectivity index (χ1v) is 8.06. The van der Waals surface area contributed by atoms with Crippen molar-refractivity contribution in [3.05, 3.63) is 35.9 Å². The van der Waals surface area contributed by atoms with Crippen molar-refractivity contribution in [3.8, 4) is 0 Å². The maximum atomic E-state index is 5.24. The summed E-state index contributed by atoms with van der Waals surface area (Å²) in [7, 11) is 0. The molecule has 0 aliphatic carbocycles. The standard InChI is InChI=1S/C8H17NO.C8H10.C2H6/c1-8(2)7-9-3-5-10-6-4-9;1-2-8-6-4-3-5-7-8;1-2/h8H,3-7H2,1-2H3;3-7H,2H2,1H3;1-2H3. The topological polar surface area (TPSA) is 12.5 Å². The molecule has 2 heteroatoms. The Morgan fingerprint density at radius 3 is 2.00 bits per heavy atom. The lowest BCUT2D eigenvalue weighted by Gasteiger charge is -2.27. The van der Waals surface area contributed by atoms with Crippen LogP contribution >= 0.6 is 0 Å². The van der Waals surface area contributed by atoms with E-state index < -0.39 is 0 Å². The molecule has 1 heterocycles. The van der Waals surface area contributed by atoms with Crippen LogP contribution in [0.25, 0.3) is 0 Å². The summed E-state index contributed by atoms with van der Waals surface area (Å²) in [6, 6.07) is 10.5. The van der Waals surface area contributed by atoms with Gasteiger partial charge in [0.05, 0.1) is 13.2 Å². The normalized spacial score (nSPS) is 14.9. The monoisotopic (exact) mass is 279 g/mol. The second-order valence-electron chi connectivity index (χ2n) is 5.15. The fraction of sp³-hybridized carbons (Fsp3) is 0.667. The highest BCUT2D eigenvalue weighted by Gasteiger charge is 2.10. The Morgan fingerprint density at radius 2 is 1.60 bits per heavy atom. The van der Waals surface area contributed by atoms with Gasteiger partial charge in [-0.25, -0.2) is 0 Å². The number of hydrogen-bond donors (Lipinski definition) is 0. The van der Waals surface area contributed by atoms with E-state index in [0.717, 1.165) is 38.6 Å². The Morgan fingerprint density at radius 1 is 1.05 bits per heavy atom. The minimum absolute atomic E-state index is 0.790. The van der Waals surface area contributed by atoms with Gasteiger partial charge in [0.15, 0.2) is 0 Å². The zero-order valence-electron chi connectivity index (χ0n) is 14.1. The lowest BCUT2D eigenvalue weighted by atomic mass is 10.2. The molecule has 0 amide bonds. The molecule has 1 fully saturated rings. The van der Waals surface area contributed by atoms with Crippen LogP contribution in [0.2, 0.25) is 0 Å². The molecule has 1 aliphatic rings. The lowest BCUT2D eigenvalue weighted by Crippen LogP contribution is -2.38. The van der Waals surface area contributed by atoms with Crippen LogP contribution in [-0.4, -0.2) is 37.7 Å². The van der Waals surface area contributed by atoms with E-state index >= 15 is 0 Å². The first-order chi connectivity index (χ1) is 9.72. The van der Waals surface area contributed by atoms with Gasteiger partial charge >= 0.3 is 0 Å². The van der Waals surface area contributed by atoms with Gasteiger partial charge in [0, 0.05) is 19.6 Å². The summed E-state index contributed by atoms with van der Waals surface area (Å²) in [4.78, 5) is 2.47. The van der Waals surface area contributed by atoms with Gasteiger partial charge in [-0.1, -0.05) is 65.0 Å². The summed E-state index contributed by atoms with van der Waals surface area (Å²) < 4.78 is 5.24. The van der Waals surface area contributed by atoms with E-state index in [1.165, 1.54) is 12.1 Å². The quantitative estimate of drug-likeness (QED) is 0.820. The van der Waals surface area contributed by atoms with Gasteiger partial charge in [-0.15, -0.1) is 0 Å². The van der Waals surface area contributed by atoms with Crippen molar-refractivity contribution in [2.75, 3.05) is 32.8 Å². The summed E-state index contributed by atoms with van der Waals surface area (Å²) in [6.07, 6.45) is 1.14. The summed E-state index contributed by atoms with van der Waals surface area (Å²) in [6.45, 7) is 16.0. The third-order valence-corrected chi connectivity index (χ3v) is 2.98. The average molecular weight is 279 g/mol. The van der Waals surface area contributed by atoms with Gasteiger partial charge in [-0.3, -0.25) is 4.90 Å². The minimum atomic E-state index is 0.790. The first-order valence-electron chi connectivity index (χ1n) is 8.06. The molecule has 1 aliphatic heterocycles. The predicted octanol–water partition coefficient (Wildman–Crippen LogP) is 4.25. The molecule has 0 spiro atoms. The van der Waals surface area contributed by atoms with Crippen LogP contribution in [-0.2, 0) is 11.2 Å². The molecule has 0 N–H and O–H groups in total. The molecule has 1 saturated heterocycles. The summed E-state index contributed by atoms with van der Waals surface area (Å²) in [5.74, 6) is 0.790. The van der Waals surface area contributed by atoms with Gasteiger partial charge < -0.3 is 4.74 Å². The van der Waals surface area contributed by atoms with Gasteiger partial charge in [-0.2, -0.15) is 0 Å². The van der Waals surface area contributed by atoms with E-state index in [4.69, 9.17) is 4.74 Å². The van der Waals surface area contributed by atoms with Crippen LogP contribution in [0.15, 0.2) is 30.3 Å². The number of aryl methyl sites for hydroxylation is 1. The molecule has 0 aromatic heterocycles. The lowest BCUT2D eigenvalue weighted by molar-refractivity contribution is 0.0329. The minimum Gasteiger partial charge on any atom is -0.379 e.